The van der Waals surface area contributed by atoms with Crippen LogP contribution in [0.4, 0.5) is 0 Å². The largest absolute Gasteiger partial charge is 0.299 e. The number of hydrogen-bond acceptors (Lipinski definition) is 1. The van der Waals surface area contributed by atoms with Crippen LogP contribution in [0.5, 0.6) is 0 Å². The van der Waals surface area contributed by atoms with Crippen molar-refractivity contribution in [3.8, 4) is 0 Å². The lowest BCUT2D eigenvalue weighted by Gasteiger charge is -2.10. The molecule has 0 N–H and O–H groups in total. The molecule has 0 radical (unpaired) electrons. The van der Waals surface area contributed by atoms with Gasteiger partial charge in [-0.25, -0.2) is 0 Å². The number of hydrogen-bond donors (Lipinski definition) is 0. The highest BCUT2D eigenvalue weighted by Gasteiger charge is 1.91. The maximum atomic E-state index is 2.28. The molecule has 2 aromatic carbocycles. The van der Waals surface area contributed by atoms with Gasteiger partial charge in [-0.1, -0.05) is 85.0 Å². The first-order chi connectivity index (χ1) is 9.84. The van der Waals surface area contributed by atoms with Crippen molar-refractivity contribution in [2.75, 3.05) is 20.1 Å². The highest BCUT2D eigenvalue weighted by Crippen LogP contribution is 2.02. The van der Waals surface area contributed by atoms with Crippen LogP contribution in [0.3, 0.4) is 0 Å². The molecule has 102 valence electrons. The average molecular weight is 263 g/mol. The van der Waals surface area contributed by atoms with Gasteiger partial charge < -0.3 is 0 Å². The van der Waals surface area contributed by atoms with E-state index in [0.29, 0.717) is 0 Å². The lowest BCUT2D eigenvalue weighted by molar-refractivity contribution is 0.414. The van der Waals surface area contributed by atoms with E-state index in [1.165, 1.54) is 11.1 Å². The van der Waals surface area contributed by atoms with Gasteiger partial charge in [-0.05, 0) is 18.2 Å². The van der Waals surface area contributed by atoms with E-state index < -0.39 is 0 Å². The highest BCUT2D eigenvalue weighted by atomic mass is 15.1. The molecule has 0 amide bonds. The van der Waals surface area contributed by atoms with Crippen LogP contribution < -0.4 is 0 Å². The normalized spacial score (nSPS) is 11.7. The van der Waals surface area contributed by atoms with Gasteiger partial charge in [0.2, 0.25) is 0 Å². The van der Waals surface area contributed by atoms with Crippen molar-refractivity contribution in [1.82, 2.24) is 4.90 Å². The summed E-state index contributed by atoms with van der Waals surface area (Å²) in [7, 11) is 2.13. The van der Waals surface area contributed by atoms with Crippen molar-refractivity contribution in [3.63, 3.8) is 0 Å². The predicted molar refractivity (Wildman–Crippen MR) is 88.4 cm³/mol. The molecule has 2 aromatic rings. The molecular weight excluding hydrogens is 242 g/mol. The van der Waals surface area contributed by atoms with Gasteiger partial charge in [-0.2, -0.15) is 0 Å². The predicted octanol–water partition coefficient (Wildman–Crippen LogP) is 4.35. The summed E-state index contributed by atoms with van der Waals surface area (Å²) in [5.41, 5.74) is 2.50. The van der Waals surface area contributed by atoms with E-state index in [-0.39, 0.29) is 0 Å². The molecule has 20 heavy (non-hydrogen) atoms. The van der Waals surface area contributed by atoms with Crippen molar-refractivity contribution in [1.29, 1.82) is 0 Å². The Morgan fingerprint density at radius 3 is 1.50 bits per heavy atom. The maximum Gasteiger partial charge on any atom is 0.0166 e. The molecule has 0 aliphatic carbocycles. The highest BCUT2D eigenvalue weighted by molar-refractivity contribution is 5.49. The Morgan fingerprint density at radius 1 is 0.700 bits per heavy atom. The van der Waals surface area contributed by atoms with E-state index in [0.717, 1.165) is 13.1 Å². The Balaban J connectivity index is 1.74. The summed E-state index contributed by atoms with van der Waals surface area (Å²) in [6.07, 6.45) is 8.73. The molecule has 0 atom stereocenters. The van der Waals surface area contributed by atoms with Crippen molar-refractivity contribution in [2.24, 2.45) is 0 Å². The molecule has 1 nitrogen and oxygen atoms in total. The third-order valence-electron chi connectivity index (χ3n) is 3.05. The van der Waals surface area contributed by atoms with Crippen LogP contribution in [-0.2, 0) is 0 Å². The fraction of sp³-hybridized carbons (Fsp3) is 0.158. The van der Waals surface area contributed by atoms with Gasteiger partial charge >= 0.3 is 0 Å². The van der Waals surface area contributed by atoms with E-state index in [2.05, 4.69) is 84.8 Å². The first-order valence-electron chi connectivity index (χ1n) is 6.96. The topological polar surface area (TPSA) is 3.24 Å². The summed E-state index contributed by atoms with van der Waals surface area (Å²) in [6.45, 7) is 1.90. The van der Waals surface area contributed by atoms with Crippen molar-refractivity contribution < 1.29 is 0 Å². The SMILES string of the molecule is CN(CC=Cc1ccccc1)CC=Cc1ccccc1. The van der Waals surface area contributed by atoms with Crippen LogP contribution in [0.1, 0.15) is 11.1 Å². The fourth-order valence-corrected chi connectivity index (χ4v) is 1.94. The molecule has 0 aromatic heterocycles. The number of benzene rings is 2. The number of likely N-dealkylation sites (N-methyl/N-ethyl adjacent to an activating group) is 1. The Kier molecular flexibility index (Phi) is 5.81. The number of rotatable bonds is 6. The van der Waals surface area contributed by atoms with Crippen LogP contribution in [0.25, 0.3) is 12.2 Å². The van der Waals surface area contributed by atoms with Gasteiger partial charge in [0.1, 0.15) is 0 Å². The Morgan fingerprint density at radius 2 is 1.10 bits per heavy atom. The molecule has 0 heterocycles. The zero-order chi connectivity index (χ0) is 14.0. The van der Waals surface area contributed by atoms with Crippen LogP contribution in [0.2, 0.25) is 0 Å². The van der Waals surface area contributed by atoms with E-state index >= 15 is 0 Å². The Hall–Kier alpha value is -2.12. The minimum absolute atomic E-state index is 0.952. The Bertz CT molecular complexity index is 489. The lowest BCUT2D eigenvalue weighted by Crippen LogP contribution is -2.17. The molecule has 0 fully saturated rings. The molecule has 1 heteroatoms. The molecular formula is C19H21N. The second kappa shape index (κ2) is 8.13. The zero-order valence-electron chi connectivity index (χ0n) is 11.9. The second-order valence-corrected chi connectivity index (χ2v) is 4.85. The molecule has 0 saturated heterocycles. The van der Waals surface area contributed by atoms with E-state index in [4.69, 9.17) is 0 Å². The maximum absolute atomic E-state index is 2.28. The summed E-state index contributed by atoms with van der Waals surface area (Å²) in [6, 6.07) is 20.8. The van der Waals surface area contributed by atoms with Crippen LogP contribution >= 0.6 is 0 Å². The van der Waals surface area contributed by atoms with E-state index in [1.807, 2.05) is 12.1 Å². The number of nitrogens with zero attached hydrogens (tertiary/aromatic N) is 1. The summed E-state index contributed by atoms with van der Waals surface area (Å²) in [4.78, 5) is 2.28. The molecule has 0 aliphatic rings. The first kappa shape index (κ1) is 14.3. The smallest absolute Gasteiger partial charge is 0.0166 e. The first-order valence-corrected chi connectivity index (χ1v) is 6.96. The quantitative estimate of drug-likeness (QED) is 0.749. The van der Waals surface area contributed by atoms with Crippen LogP contribution in [0, 0.1) is 0 Å². The Labute approximate surface area is 121 Å². The molecule has 0 bridgehead atoms. The van der Waals surface area contributed by atoms with Gasteiger partial charge in [0, 0.05) is 13.1 Å². The summed E-state index contributed by atoms with van der Waals surface area (Å²) >= 11 is 0. The van der Waals surface area contributed by atoms with Crippen molar-refractivity contribution >= 4 is 12.2 Å². The average Bonchev–Trinajstić information content (AvgIpc) is 2.49. The summed E-state index contributed by atoms with van der Waals surface area (Å²) < 4.78 is 0. The van der Waals surface area contributed by atoms with E-state index in [9.17, 15) is 0 Å². The van der Waals surface area contributed by atoms with Gasteiger partial charge in [-0.3, -0.25) is 4.90 Å². The van der Waals surface area contributed by atoms with Crippen molar-refractivity contribution in [2.45, 2.75) is 0 Å². The van der Waals surface area contributed by atoms with Crippen molar-refractivity contribution in [3.05, 3.63) is 83.9 Å². The van der Waals surface area contributed by atoms with Gasteiger partial charge in [0.05, 0.1) is 0 Å². The standard InChI is InChI=1S/C19H21N/c1-20(16-8-14-18-10-4-2-5-11-18)17-9-15-19-12-6-3-7-13-19/h2-15H,16-17H2,1H3. The molecule has 0 aliphatic heterocycles. The minimum atomic E-state index is 0.952. The molecule has 0 unspecified atom stereocenters. The second-order valence-electron chi connectivity index (χ2n) is 4.85. The van der Waals surface area contributed by atoms with Gasteiger partial charge in [0.25, 0.3) is 0 Å². The monoisotopic (exact) mass is 263 g/mol. The van der Waals surface area contributed by atoms with Crippen LogP contribution in [-0.4, -0.2) is 25.0 Å². The zero-order valence-corrected chi connectivity index (χ0v) is 11.9. The molecule has 0 spiro atoms. The molecule has 2 rings (SSSR count). The van der Waals surface area contributed by atoms with Gasteiger partial charge in [0.15, 0.2) is 0 Å². The molecule has 0 saturated carbocycles. The summed E-state index contributed by atoms with van der Waals surface area (Å²) in [5, 5.41) is 0. The third kappa shape index (κ3) is 5.25. The lowest BCUT2D eigenvalue weighted by atomic mass is 10.2. The van der Waals surface area contributed by atoms with Gasteiger partial charge in [-0.15, -0.1) is 0 Å². The fourth-order valence-electron chi connectivity index (χ4n) is 1.94. The van der Waals surface area contributed by atoms with Crippen LogP contribution in [0.15, 0.2) is 72.8 Å². The minimum Gasteiger partial charge on any atom is -0.299 e. The summed E-state index contributed by atoms with van der Waals surface area (Å²) in [5.74, 6) is 0. The van der Waals surface area contributed by atoms with E-state index in [1.54, 1.807) is 0 Å². The third-order valence-corrected chi connectivity index (χ3v) is 3.05.